The summed E-state index contributed by atoms with van der Waals surface area (Å²) < 4.78 is 0. The molecule has 0 saturated heterocycles. The van der Waals surface area contributed by atoms with Crippen LogP contribution in [0.3, 0.4) is 0 Å². The van der Waals surface area contributed by atoms with Gasteiger partial charge in [0.05, 0.1) is 0 Å². The minimum absolute atomic E-state index is 0.139. The molecule has 0 aliphatic heterocycles. The van der Waals surface area contributed by atoms with E-state index in [0.29, 0.717) is 5.92 Å². The number of hydrogen-bond donors (Lipinski definition) is 0. The van der Waals surface area contributed by atoms with E-state index in [1.54, 1.807) is 0 Å². The minimum atomic E-state index is -0.188. The summed E-state index contributed by atoms with van der Waals surface area (Å²) in [5.74, 6) is 0.412. The zero-order chi connectivity index (χ0) is 7.56. The van der Waals surface area contributed by atoms with Crippen LogP contribution >= 0.6 is 0 Å². The van der Waals surface area contributed by atoms with Crippen molar-refractivity contribution in [3.63, 3.8) is 0 Å². The molecule has 1 rings (SSSR count). The molecule has 58 valence electrons. The standard InChI is InChI=1S/C7H13NO2/c1-2-3-4-6-5-7(6)8(9)10/h6-7H,2-5H2,1H3. The van der Waals surface area contributed by atoms with Crippen LogP contribution in [0, 0.1) is 16.0 Å². The maximum absolute atomic E-state index is 10.1. The molecule has 1 fully saturated rings. The molecule has 0 amide bonds. The van der Waals surface area contributed by atoms with Crippen LogP contribution in [0.1, 0.15) is 32.6 Å². The lowest BCUT2D eigenvalue weighted by atomic mass is 10.2. The van der Waals surface area contributed by atoms with Crippen LogP contribution < -0.4 is 0 Å². The molecule has 0 aromatic heterocycles. The first-order valence-electron chi connectivity index (χ1n) is 3.89. The highest BCUT2D eigenvalue weighted by Gasteiger charge is 2.46. The quantitative estimate of drug-likeness (QED) is 0.445. The highest BCUT2D eigenvalue weighted by Crippen LogP contribution is 2.37. The van der Waals surface area contributed by atoms with E-state index in [1.165, 1.54) is 0 Å². The van der Waals surface area contributed by atoms with Gasteiger partial charge in [-0.15, -0.1) is 0 Å². The molecule has 0 heterocycles. The van der Waals surface area contributed by atoms with Crippen molar-refractivity contribution in [1.29, 1.82) is 0 Å². The second-order valence-corrected chi connectivity index (χ2v) is 2.99. The first-order chi connectivity index (χ1) is 4.75. The fraction of sp³-hybridized carbons (Fsp3) is 1.00. The smallest absolute Gasteiger partial charge is 0.216 e. The lowest BCUT2D eigenvalue weighted by molar-refractivity contribution is -0.498. The zero-order valence-corrected chi connectivity index (χ0v) is 6.25. The average Bonchev–Trinajstić information content (AvgIpc) is 2.62. The molecule has 1 aliphatic carbocycles. The molecule has 0 bridgehead atoms. The van der Waals surface area contributed by atoms with Crippen molar-refractivity contribution in [3.8, 4) is 0 Å². The minimum Gasteiger partial charge on any atom is -0.264 e. The van der Waals surface area contributed by atoms with E-state index in [2.05, 4.69) is 6.92 Å². The molecule has 2 unspecified atom stereocenters. The lowest BCUT2D eigenvalue weighted by Gasteiger charge is -1.91. The van der Waals surface area contributed by atoms with Gasteiger partial charge in [0.2, 0.25) is 6.04 Å². The third-order valence-corrected chi connectivity index (χ3v) is 2.08. The molecule has 0 aromatic carbocycles. The summed E-state index contributed by atoms with van der Waals surface area (Å²) in [6, 6.07) is -0.188. The second kappa shape index (κ2) is 2.99. The summed E-state index contributed by atoms with van der Waals surface area (Å²) in [7, 11) is 0. The van der Waals surface area contributed by atoms with Gasteiger partial charge in [-0.05, 0) is 6.42 Å². The molecule has 1 saturated carbocycles. The Hall–Kier alpha value is -0.600. The normalized spacial score (nSPS) is 30.1. The summed E-state index contributed by atoms with van der Waals surface area (Å²) in [5, 5.41) is 10.1. The van der Waals surface area contributed by atoms with Gasteiger partial charge in [0.25, 0.3) is 0 Å². The Balaban J connectivity index is 2.08. The zero-order valence-electron chi connectivity index (χ0n) is 6.25. The van der Waals surface area contributed by atoms with Crippen molar-refractivity contribution < 1.29 is 4.92 Å². The van der Waals surface area contributed by atoms with Crippen LogP contribution in [0.4, 0.5) is 0 Å². The maximum atomic E-state index is 10.1. The van der Waals surface area contributed by atoms with Crippen molar-refractivity contribution in [3.05, 3.63) is 10.1 Å². The molecule has 0 N–H and O–H groups in total. The van der Waals surface area contributed by atoms with Crippen LogP contribution in [0.25, 0.3) is 0 Å². The summed E-state index contributed by atoms with van der Waals surface area (Å²) in [4.78, 5) is 10.0. The predicted molar refractivity (Wildman–Crippen MR) is 38.4 cm³/mol. The van der Waals surface area contributed by atoms with Gasteiger partial charge < -0.3 is 0 Å². The van der Waals surface area contributed by atoms with Gasteiger partial charge in [-0.1, -0.05) is 19.8 Å². The molecular formula is C7H13NO2. The first-order valence-corrected chi connectivity index (χ1v) is 3.89. The largest absolute Gasteiger partial charge is 0.264 e. The topological polar surface area (TPSA) is 43.1 Å². The first kappa shape index (κ1) is 7.51. The molecule has 2 atom stereocenters. The highest BCUT2D eigenvalue weighted by molar-refractivity contribution is 4.85. The third-order valence-electron chi connectivity index (χ3n) is 2.08. The van der Waals surface area contributed by atoms with E-state index in [9.17, 15) is 10.1 Å². The molecule has 1 aliphatic rings. The number of rotatable bonds is 4. The van der Waals surface area contributed by atoms with E-state index in [1.807, 2.05) is 0 Å². The van der Waals surface area contributed by atoms with Gasteiger partial charge in [0.1, 0.15) is 0 Å². The van der Waals surface area contributed by atoms with E-state index in [4.69, 9.17) is 0 Å². The van der Waals surface area contributed by atoms with Gasteiger partial charge in [-0.3, -0.25) is 10.1 Å². The summed E-state index contributed by atoms with van der Waals surface area (Å²) in [6.45, 7) is 2.11. The average molecular weight is 143 g/mol. The molecular weight excluding hydrogens is 130 g/mol. The van der Waals surface area contributed by atoms with Crippen LogP contribution in [0.5, 0.6) is 0 Å². The SMILES string of the molecule is CCCCC1CC1[N+](=O)[O-]. The molecule has 3 heteroatoms. The van der Waals surface area contributed by atoms with Crippen LogP contribution in [-0.2, 0) is 0 Å². The molecule has 3 nitrogen and oxygen atoms in total. The van der Waals surface area contributed by atoms with Gasteiger partial charge in [-0.2, -0.15) is 0 Å². The Morgan fingerprint density at radius 3 is 2.80 bits per heavy atom. The highest BCUT2D eigenvalue weighted by atomic mass is 16.6. The molecule has 0 aromatic rings. The van der Waals surface area contributed by atoms with Crippen molar-refractivity contribution in [2.24, 2.45) is 5.92 Å². The van der Waals surface area contributed by atoms with Gasteiger partial charge in [-0.25, -0.2) is 0 Å². The van der Waals surface area contributed by atoms with Gasteiger partial charge >= 0.3 is 0 Å². The number of unbranched alkanes of at least 4 members (excludes halogenated alkanes) is 1. The van der Waals surface area contributed by atoms with E-state index in [-0.39, 0.29) is 11.0 Å². The maximum Gasteiger partial charge on any atom is 0.216 e. The van der Waals surface area contributed by atoms with Crippen molar-refractivity contribution in [1.82, 2.24) is 0 Å². The number of hydrogen-bond acceptors (Lipinski definition) is 2. The Morgan fingerprint density at radius 2 is 2.40 bits per heavy atom. The molecule has 0 spiro atoms. The Kier molecular flexibility index (Phi) is 2.25. The fourth-order valence-corrected chi connectivity index (χ4v) is 1.27. The molecule has 10 heavy (non-hydrogen) atoms. The fourth-order valence-electron chi connectivity index (χ4n) is 1.27. The van der Waals surface area contributed by atoms with E-state index in [0.717, 1.165) is 25.7 Å². The number of nitrogens with zero attached hydrogens (tertiary/aromatic N) is 1. The lowest BCUT2D eigenvalue weighted by Crippen LogP contribution is -2.03. The van der Waals surface area contributed by atoms with E-state index < -0.39 is 0 Å². The van der Waals surface area contributed by atoms with Crippen molar-refractivity contribution in [2.45, 2.75) is 38.6 Å². The number of nitro groups is 1. The van der Waals surface area contributed by atoms with Crippen LogP contribution in [0.15, 0.2) is 0 Å². The second-order valence-electron chi connectivity index (χ2n) is 2.99. The predicted octanol–water partition coefficient (Wildman–Crippen LogP) is 1.84. The van der Waals surface area contributed by atoms with Crippen molar-refractivity contribution >= 4 is 0 Å². The van der Waals surface area contributed by atoms with E-state index >= 15 is 0 Å². The summed E-state index contributed by atoms with van der Waals surface area (Å²) in [6.07, 6.45) is 4.19. The van der Waals surface area contributed by atoms with Crippen LogP contribution in [-0.4, -0.2) is 11.0 Å². The van der Waals surface area contributed by atoms with Crippen molar-refractivity contribution in [2.75, 3.05) is 0 Å². The summed E-state index contributed by atoms with van der Waals surface area (Å²) in [5.41, 5.74) is 0. The van der Waals surface area contributed by atoms with Gasteiger partial charge in [0.15, 0.2) is 0 Å². The summed E-state index contributed by atoms with van der Waals surface area (Å²) >= 11 is 0. The Bertz CT molecular complexity index is 136. The Morgan fingerprint density at radius 1 is 1.70 bits per heavy atom. The Labute approximate surface area is 60.6 Å². The van der Waals surface area contributed by atoms with Crippen LogP contribution in [0.2, 0.25) is 0 Å². The van der Waals surface area contributed by atoms with Gasteiger partial charge in [0, 0.05) is 17.3 Å². The monoisotopic (exact) mass is 143 g/mol. The molecule has 0 radical (unpaired) electrons. The third kappa shape index (κ3) is 1.69.